The fraction of sp³-hybridized carbons (Fsp3) is 0.125. The molecule has 0 spiro atoms. The maximum absolute atomic E-state index is 8.88. The zero-order chi connectivity index (χ0) is 13.1. The highest BCUT2D eigenvalue weighted by Gasteiger charge is 2.21. The summed E-state index contributed by atoms with van der Waals surface area (Å²) in [7, 11) is -4.64. The molecule has 0 saturated carbocycles. The number of anilines is 1. The minimum atomic E-state index is -4.64. The summed E-state index contributed by atoms with van der Waals surface area (Å²) in [6, 6.07) is 0. The van der Waals surface area contributed by atoms with E-state index in [0.29, 0.717) is 11.6 Å². The van der Waals surface area contributed by atoms with Gasteiger partial charge < -0.3 is 20.4 Å². The standard InChI is InChI=1S/C8H6N4.H3O4P/c1-2-5-3-10-8-6(5)7(9)11-4-12-8;1-5(2,3)4/h1,3-5H,(H2,9,11,12);(H3,1,2,3,4). The Morgan fingerprint density at radius 1 is 1.41 bits per heavy atom. The first-order chi connectivity index (χ1) is 7.83. The van der Waals surface area contributed by atoms with Crippen molar-refractivity contribution in [3.63, 3.8) is 0 Å². The molecule has 1 atom stereocenters. The second-order valence-corrected chi connectivity index (χ2v) is 3.96. The van der Waals surface area contributed by atoms with E-state index in [0.717, 1.165) is 5.56 Å². The maximum Gasteiger partial charge on any atom is 0.466 e. The molecular weight excluding hydrogens is 247 g/mol. The number of terminal acetylenes is 1. The highest BCUT2D eigenvalue weighted by molar-refractivity contribution is 7.45. The van der Waals surface area contributed by atoms with Crippen LogP contribution in [0.4, 0.5) is 11.6 Å². The summed E-state index contributed by atoms with van der Waals surface area (Å²) >= 11 is 0. The number of aliphatic imine (C=N–C) groups is 1. The van der Waals surface area contributed by atoms with Crippen LogP contribution in [0.25, 0.3) is 0 Å². The third-order valence-corrected chi connectivity index (χ3v) is 1.73. The Labute approximate surface area is 96.5 Å². The summed E-state index contributed by atoms with van der Waals surface area (Å²) in [6.07, 6.45) is 8.29. The molecule has 5 N–H and O–H groups in total. The molecule has 0 bridgehead atoms. The Morgan fingerprint density at radius 2 is 2.00 bits per heavy atom. The molecule has 0 radical (unpaired) electrons. The molecule has 90 valence electrons. The van der Waals surface area contributed by atoms with Gasteiger partial charge in [0.25, 0.3) is 0 Å². The van der Waals surface area contributed by atoms with Crippen molar-refractivity contribution >= 4 is 25.7 Å². The molecular formula is C8H9N4O4P. The maximum atomic E-state index is 8.88. The van der Waals surface area contributed by atoms with Gasteiger partial charge in [0, 0.05) is 6.21 Å². The molecule has 1 unspecified atom stereocenters. The van der Waals surface area contributed by atoms with Crippen molar-refractivity contribution in [2.24, 2.45) is 4.99 Å². The van der Waals surface area contributed by atoms with Crippen LogP contribution in [0, 0.1) is 12.3 Å². The summed E-state index contributed by atoms with van der Waals surface area (Å²) in [5.41, 5.74) is 6.36. The first-order valence-electron chi connectivity index (χ1n) is 4.22. The molecule has 8 nitrogen and oxygen atoms in total. The number of nitrogen functional groups attached to an aromatic ring is 1. The van der Waals surface area contributed by atoms with Crippen LogP contribution < -0.4 is 5.73 Å². The van der Waals surface area contributed by atoms with Crippen LogP contribution in [-0.4, -0.2) is 30.9 Å². The predicted molar refractivity (Wildman–Crippen MR) is 60.4 cm³/mol. The average Bonchev–Trinajstić information content (AvgIpc) is 2.59. The normalized spacial score (nSPS) is 16.7. The molecule has 9 heteroatoms. The van der Waals surface area contributed by atoms with E-state index in [-0.39, 0.29) is 5.92 Å². The first-order valence-corrected chi connectivity index (χ1v) is 5.78. The van der Waals surface area contributed by atoms with Crippen LogP contribution in [0.2, 0.25) is 0 Å². The molecule has 0 aromatic carbocycles. The largest absolute Gasteiger partial charge is 0.466 e. The Balaban J connectivity index is 0.000000249. The topological polar surface area (TPSA) is 142 Å². The van der Waals surface area contributed by atoms with E-state index in [1.807, 2.05) is 0 Å². The summed E-state index contributed by atoms with van der Waals surface area (Å²) in [5, 5.41) is 0. The molecule has 1 aromatic rings. The van der Waals surface area contributed by atoms with Crippen molar-refractivity contribution in [3.8, 4) is 12.3 Å². The highest BCUT2D eigenvalue weighted by Crippen LogP contribution is 2.32. The van der Waals surface area contributed by atoms with E-state index in [4.69, 9.17) is 31.4 Å². The van der Waals surface area contributed by atoms with Gasteiger partial charge in [-0.1, -0.05) is 5.92 Å². The smallest absolute Gasteiger partial charge is 0.383 e. The van der Waals surface area contributed by atoms with Crippen LogP contribution in [0.15, 0.2) is 11.3 Å². The van der Waals surface area contributed by atoms with E-state index in [1.54, 1.807) is 6.21 Å². The lowest BCUT2D eigenvalue weighted by Gasteiger charge is -2.02. The fourth-order valence-electron chi connectivity index (χ4n) is 1.15. The van der Waals surface area contributed by atoms with Crippen molar-refractivity contribution < 1.29 is 19.2 Å². The van der Waals surface area contributed by atoms with Gasteiger partial charge in [-0.2, -0.15) is 0 Å². The zero-order valence-electron chi connectivity index (χ0n) is 8.43. The lowest BCUT2D eigenvalue weighted by molar-refractivity contribution is 0.275. The van der Waals surface area contributed by atoms with Gasteiger partial charge in [-0.05, 0) is 0 Å². The number of hydrogen-bond donors (Lipinski definition) is 4. The van der Waals surface area contributed by atoms with Gasteiger partial charge in [0.05, 0.1) is 11.5 Å². The molecule has 2 heterocycles. The van der Waals surface area contributed by atoms with Crippen molar-refractivity contribution in [2.45, 2.75) is 5.92 Å². The van der Waals surface area contributed by atoms with E-state index in [2.05, 4.69) is 20.9 Å². The van der Waals surface area contributed by atoms with Crippen LogP contribution in [0.1, 0.15) is 11.5 Å². The number of phosphoric acid groups is 1. The van der Waals surface area contributed by atoms with Gasteiger partial charge >= 0.3 is 7.82 Å². The summed E-state index contributed by atoms with van der Waals surface area (Å²) in [5.74, 6) is 3.39. The van der Waals surface area contributed by atoms with Gasteiger partial charge in [0.2, 0.25) is 0 Å². The lowest BCUT2D eigenvalue weighted by atomic mass is 10.1. The predicted octanol–water partition coefficient (Wildman–Crippen LogP) is -0.437. The van der Waals surface area contributed by atoms with Crippen LogP contribution in [0.3, 0.4) is 0 Å². The van der Waals surface area contributed by atoms with E-state index >= 15 is 0 Å². The molecule has 0 saturated heterocycles. The van der Waals surface area contributed by atoms with Crippen LogP contribution in [-0.2, 0) is 4.57 Å². The Bertz CT molecular complexity index is 525. The number of fused-ring (bicyclic) bond motifs is 1. The van der Waals surface area contributed by atoms with E-state index in [1.165, 1.54) is 6.33 Å². The molecule has 0 aliphatic carbocycles. The SMILES string of the molecule is C#CC1C=Nc2ncnc(N)c21.O=P(O)(O)O. The van der Waals surface area contributed by atoms with Crippen LogP contribution in [0.5, 0.6) is 0 Å². The molecule has 1 aliphatic rings. The fourth-order valence-corrected chi connectivity index (χ4v) is 1.15. The van der Waals surface area contributed by atoms with Crippen LogP contribution >= 0.6 is 7.82 Å². The Hall–Kier alpha value is -1.78. The average molecular weight is 256 g/mol. The Kier molecular flexibility index (Phi) is 3.93. The third-order valence-electron chi connectivity index (χ3n) is 1.73. The number of nitrogens with zero attached hydrogens (tertiary/aromatic N) is 3. The molecule has 0 fully saturated rings. The molecule has 1 aliphatic heterocycles. The van der Waals surface area contributed by atoms with Crippen molar-refractivity contribution in [3.05, 3.63) is 11.9 Å². The zero-order valence-corrected chi connectivity index (χ0v) is 9.32. The minimum Gasteiger partial charge on any atom is -0.383 e. The molecule has 0 amide bonds. The minimum absolute atomic E-state index is 0.166. The van der Waals surface area contributed by atoms with Gasteiger partial charge in [-0.25, -0.2) is 19.5 Å². The molecule has 2 rings (SSSR count). The number of aromatic nitrogens is 2. The Morgan fingerprint density at radius 3 is 2.53 bits per heavy atom. The van der Waals surface area contributed by atoms with Gasteiger partial charge in [-0.3, -0.25) is 0 Å². The van der Waals surface area contributed by atoms with Gasteiger partial charge in [0.15, 0.2) is 5.82 Å². The quantitative estimate of drug-likeness (QED) is 0.364. The van der Waals surface area contributed by atoms with Crippen molar-refractivity contribution in [1.29, 1.82) is 0 Å². The first kappa shape index (κ1) is 13.3. The second-order valence-electron chi connectivity index (χ2n) is 2.93. The van der Waals surface area contributed by atoms with Crippen molar-refractivity contribution in [1.82, 2.24) is 9.97 Å². The second kappa shape index (κ2) is 5.03. The van der Waals surface area contributed by atoms with Gasteiger partial charge in [-0.15, -0.1) is 6.42 Å². The van der Waals surface area contributed by atoms with Gasteiger partial charge in [0.1, 0.15) is 12.1 Å². The summed E-state index contributed by atoms with van der Waals surface area (Å²) in [4.78, 5) is 33.4. The monoisotopic (exact) mass is 256 g/mol. The van der Waals surface area contributed by atoms with Crippen molar-refractivity contribution in [2.75, 3.05) is 5.73 Å². The number of hydrogen-bond acceptors (Lipinski definition) is 5. The summed E-state index contributed by atoms with van der Waals surface area (Å²) < 4.78 is 8.88. The number of rotatable bonds is 0. The van der Waals surface area contributed by atoms with E-state index in [9.17, 15) is 0 Å². The summed E-state index contributed by atoms with van der Waals surface area (Å²) in [6.45, 7) is 0. The highest BCUT2D eigenvalue weighted by atomic mass is 31.2. The van der Waals surface area contributed by atoms with E-state index < -0.39 is 7.82 Å². The third kappa shape index (κ3) is 3.94. The molecule has 17 heavy (non-hydrogen) atoms. The molecule has 1 aromatic heterocycles. The number of nitrogens with two attached hydrogens (primary N) is 1. The lowest BCUT2D eigenvalue weighted by Crippen LogP contribution is -2.01.